The molecule has 0 fully saturated rings. The van der Waals surface area contributed by atoms with Crippen LogP contribution in [-0.4, -0.2) is 4.92 Å². The van der Waals surface area contributed by atoms with Gasteiger partial charge in [-0.05, 0) is 37.0 Å². The number of nitrogens with zero attached hydrogens (tertiary/aromatic N) is 1. The van der Waals surface area contributed by atoms with Crippen LogP contribution in [0.2, 0.25) is 0 Å². The van der Waals surface area contributed by atoms with Gasteiger partial charge in [-0.25, -0.2) is 0 Å². The first-order valence-corrected chi connectivity index (χ1v) is 5.04. The molecule has 2 rings (SSSR count). The summed E-state index contributed by atoms with van der Waals surface area (Å²) in [5.74, 6) is 0.291. The fraction of sp³-hybridized carbons (Fsp3) is 0.333. The predicted molar refractivity (Wildman–Crippen MR) is 59.1 cm³/mol. The summed E-state index contributed by atoms with van der Waals surface area (Å²) in [5.41, 5.74) is 3.30. The molecule has 1 aliphatic rings. The van der Waals surface area contributed by atoms with E-state index in [9.17, 15) is 10.1 Å². The maximum atomic E-state index is 10.8. The third-order valence-electron chi connectivity index (χ3n) is 3.06. The maximum Gasteiger partial charge on any atom is 0.272 e. The SMILES string of the molecule is C=CC1CCc2cc(C)c([N+](=O)[O-])cc21. The van der Waals surface area contributed by atoms with E-state index in [4.69, 9.17) is 0 Å². The van der Waals surface area contributed by atoms with Crippen LogP contribution in [0.3, 0.4) is 0 Å². The summed E-state index contributed by atoms with van der Waals surface area (Å²) in [6.45, 7) is 5.56. The van der Waals surface area contributed by atoms with Crippen molar-refractivity contribution >= 4 is 5.69 Å². The summed E-state index contributed by atoms with van der Waals surface area (Å²) in [6, 6.07) is 3.65. The van der Waals surface area contributed by atoms with Gasteiger partial charge in [0.1, 0.15) is 0 Å². The Balaban J connectivity index is 2.56. The number of benzene rings is 1. The van der Waals surface area contributed by atoms with Gasteiger partial charge in [-0.1, -0.05) is 6.08 Å². The van der Waals surface area contributed by atoms with Gasteiger partial charge < -0.3 is 0 Å². The van der Waals surface area contributed by atoms with Crippen LogP contribution in [0.15, 0.2) is 24.8 Å². The highest BCUT2D eigenvalue weighted by Gasteiger charge is 2.24. The molecule has 0 amide bonds. The summed E-state index contributed by atoms with van der Waals surface area (Å²) < 4.78 is 0. The van der Waals surface area contributed by atoms with Crippen LogP contribution in [0.4, 0.5) is 5.69 Å². The summed E-state index contributed by atoms with van der Waals surface area (Å²) in [6.07, 6.45) is 3.91. The van der Waals surface area contributed by atoms with E-state index in [0.29, 0.717) is 5.92 Å². The average Bonchev–Trinajstić information content (AvgIpc) is 2.58. The minimum atomic E-state index is -0.311. The van der Waals surface area contributed by atoms with Crippen molar-refractivity contribution < 1.29 is 4.92 Å². The summed E-state index contributed by atoms with van der Waals surface area (Å²) in [4.78, 5) is 10.5. The zero-order valence-corrected chi connectivity index (χ0v) is 8.69. The second-order valence-electron chi connectivity index (χ2n) is 3.98. The number of rotatable bonds is 2. The Morgan fingerprint density at radius 3 is 2.93 bits per heavy atom. The molecule has 1 aromatic carbocycles. The van der Waals surface area contributed by atoms with Crippen molar-refractivity contribution in [3.8, 4) is 0 Å². The summed E-state index contributed by atoms with van der Waals surface area (Å²) >= 11 is 0. The van der Waals surface area contributed by atoms with Crippen molar-refractivity contribution in [1.29, 1.82) is 0 Å². The van der Waals surface area contributed by atoms with Crippen LogP contribution < -0.4 is 0 Å². The van der Waals surface area contributed by atoms with Gasteiger partial charge in [0.25, 0.3) is 5.69 Å². The lowest BCUT2D eigenvalue weighted by Gasteiger charge is -2.06. The number of nitro benzene ring substituents is 1. The number of fused-ring (bicyclic) bond motifs is 1. The van der Waals surface area contributed by atoms with E-state index in [2.05, 4.69) is 6.58 Å². The van der Waals surface area contributed by atoms with Gasteiger partial charge in [0.05, 0.1) is 4.92 Å². The first kappa shape index (κ1) is 9.90. The molecule has 0 bridgehead atoms. The molecule has 78 valence electrons. The van der Waals surface area contributed by atoms with E-state index in [1.54, 1.807) is 13.0 Å². The molecule has 3 nitrogen and oxygen atoms in total. The number of hydrogen-bond acceptors (Lipinski definition) is 2. The highest BCUT2D eigenvalue weighted by Crippen LogP contribution is 2.37. The van der Waals surface area contributed by atoms with Gasteiger partial charge in [0, 0.05) is 17.5 Å². The number of nitro groups is 1. The van der Waals surface area contributed by atoms with Crippen molar-refractivity contribution in [3.63, 3.8) is 0 Å². The lowest BCUT2D eigenvalue weighted by atomic mass is 9.99. The topological polar surface area (TPSA) is 43.1 Å². The van der Waals surface area contributed by atoms with E-state index in [0.717, 1.165) is 24.0 Å². The van der Waals surface area contributed by atoms with Crippen LogP contribution in [0.1, 0.15) is 29.0 Å². The van der Waals surface area contributed by atoms with E-state index >= 15 is 0 Å². The Labute approximate surface area is 88.6 Å². The van der Waals surface area contributed by atoms with Crippen molar-refractivity contribution in [2.24, 2.45) is 0 Å². The average molecular weight is 203 g/mol. The number of aryl methyl sites for hydroxylation is 2. The Morgan fingerprint density at radius 2 is 2.33 bits per heavy atom. The predicted octanol–water partition coefficient (Wildman–Crippen LogP) is 3.12. The zero-order valence-electron chi connectivity index (χ0n) is 8.69. The third-order valence-corrected chi connectivity index (χ3v) is 3.06. The lowest BCUT2D eigenvalue weighted by molar-refractivity contribution is -0.385. The molecule has 0 radical (unpaired) electrons. The van der Waals surface area contributed by atoms with Gasteiger partial charge in [-0.2, -0.15) is 0 Å². The molecular formula is C12H13NO2. The Kier molecular flexibility index (Phi) is 2.31. The molecule has 0 aromatic heterocycles. The van der Waals surface area contributed by atoms with E-state index in [1.165, 1.54) is 5.56 Å². The molecule has 15 heavy (non-hydrogen) atoms. The normalized spacial score (nSPS) is 18.6. The van der Waals surface area contributed by atoms with Crippen LogP contribution in [0.25, 0.3) is 0 Å². The second-order valence-corrected chi connectivity index (χ2v) is 3.98. The Morgan fingerprint density at radius 1 is 1.60 bits per heavy atom. The standard InChI is InChI=1S/C12H13NO2/c1-3-9-4-5-10-6-8(2)12(13(14)15)7-11(9)10/h3,6-7,9H,1,4-5H2,2H3. The Hall–Kier alpha value is -1.64. The molecule has 0 heterocycles. The quantitative estimate of drug-likeness (QED) is 0.421. The minimum absolute atomic E-state index is 0.225. The minimum Gasteiger partial charge on any atom is -0.258 e. The zero-order chi connectivity index (χ0) is 11.0. The van der Waals surface area contributed by atoms with Gasteiger partial charge in [0.2, 0.25) is 0 Å². The summed E-state index contributed by atoms with van der Waals surface area (Å²) in [5, 5.41) is 10.8. The molecule has 3 heteroatoms. The van der Waals surface area contributed by atoms with Gasteiger partial charge >= 0.3 is 0 Å². The molecular weight excluding hydrogens is 190 g/mol. The smallest absolute Gasteiger partial charge is 0.258 e. The van der Waals surface area contributed by atoms with Crippen LogP contribution in [0.5, 0.6) is 0 Å². The first-order chi connectivity index (χ1) is 7.13. The highest BCUT2D eigenvalue weighted by molar-refractivity contribution is 5.50. The molecule has 0 aliphatic heterocycles. The van der Waals surface area contributed by atoms with E-state index in [-0.39, 0.29) is 10.6 Å². The van der Waals surface area contributed by atoms with Crippen molar-refractivity contribution in [1.82, 2.24) is 0 Å². The molecule has 0 saturated carbocycles. The number of allylic oxidation sites excluding steroid dienone is 1. The largest absolute Gasteiger partial charge is 0.272 e. The molecule has 0 saturated heterocycles. The fourth-order valence-electron chi connectivity index (χ4n) is 2.24. The van der Waals surface area contributed by atoms with E-state index in [1.807, 2.05) is 12.1 Å². The van der Waals surface area contributed by atoms with Gasteiger partial charge in [0.15, 0.2) is 0 Å². The fourth-order valence-corrected chi connectivity index (χ4v) is 2.24. The van der Waals surface area contributed by atoms with Gasteiger partial charge in [-0.3, -0.25) is 10.1 Å². The third kappa shape index (κ3) is 1.54. The van der Waals surface area contributed by atoms with Crippen molar-refractivity contribution in [2.75, 3.05) is 0 Å². The monoisotopic (exact) mass is 203 g/mol. The Bertz CT molecular complexity index is 437. The highest BCUT2D eigenvalue weighted by atomic mass is 16.6. The van der Waals surface area contributed by atoms with Gasteiger partial charge in [-0.15, -0.1) is 6.58 Å². The molecule has 0 spiro atoms. The molecule has 0 N–H and O–H groups in total. The van der Waals surface area contributed by atoms with E-state index < -0.39 is 0 Å². The van der Waals surface area contributed by atoms with Crippen molar-refractivity contribution in [3.05, 3.63) is 51.6 Å². The second kappa shape index (κ2) is 3.50. The lowest BCUT2D eigenvalue weighted by Crippen LogP contribution is -1.96. The molecule has 1 unspecified atom stereocenters. The van der Waals surface area contributed by atoms with Crippen LogP contribution in [-0.2, 0) is 6.42 Å². The molecule has 1 aromatic rings. The maximum absolute atomic E-state index is 10.8. The van der Waals surface area contributed by atoms with Crippen molar-refractivity contribution in [2.45, 2.75) is 25.7 Å². The first-order valence-electron chi connectivity index (χ1n) is 5.04. The van der Waals surface area contributed by atoms with Crippen LogP contribution in [0, 0.1) is 17.0 Å². The van der Waals surface area contributed by atoms with Crippen LogP contribution >= 0.6 is 0 Å². The molecule has 1 aliphatic carbocycles. The number of hydrogen-bond donors (Lipinski definition) is 0. The summed E-state index contributed by atoms with van der Waals surface area (Å²) in [7, 11) is 0. The molecule has 1 atom stereocenters.